The maximum Gasteiger partial charge on any atom is 0.338 e. The number of nitrogens with one attached hydrogen (secondary N) is 1. The molecule has 2 aromatic carbocycles. The van der Waals surface area contributed by atoms with Crippen LogP contribution in [0.4, 0.5) is 11.4 Å². The third-order valence-electron chi connectivity index (χ3n) is 4.52. The minimum absolute atomic E-state index is 0.187. The van der Waals surface area contributed by atoms with E-state index in [1.165, 1.54) is 6.92 Å². The average molecular weight is 381 g/mol. The van der Waals surface area contributed by atoms with Gasteiger partial charge in [0.25, 0.3) is 5.91 Å². The molecule has 1 heterocycles. The lowest BCUT2D eigenvalue weighted by Gasteiger charge is -2.36. The fourth-order valence-electron chi connectivity index (χ4n) is 3.05. The number of hydrogen-bond donors (Lipinski definition) is 1. The van der Waals surface area contributed by atoms with Crippen LogP contribution in [0.2, 0.25) is 0 Å². The van der Waals surface area contributed by atoms with E-state index in [-0.39, 0.29) is 18.4 Å². The number of hydrogen-bond acceptors (Lipinski definition) is 5. The first kappa shape index (κ1) is 19.4. The fourth-order valence-corrected chi connectivity index (χ4v) is 3.05. The molecule has 0 aliphatic carbocycles. The number of carbonyl (C=O) groups is 3. The summed E-state index contributed by atoms with van der Waals surface area (Å²) < 4.78 is 5.14. The molecule has 1 N–H and O–H groups in total. The summed E-state index contributed by atoms with van der Waals surface area (Å²) in [6, 6.07) is 16.4. The minimum Gasteiger partial charge on any atom is -0.452 e. The minimum atomic E-state index is -0.564. The highest BCUT2D eigenvalue weighted by Crippen LogP contribution is 2.16. The highest BCUT2D eigenvalue weighted by Gasteiger charge is 2.22. The number of carbonyl (C=O) groups excluding carboxylic acids is 3. The van der Waals surface area contributed by atoms with Gasteiger partial charge in [-0.3, -0.25) is 9.59 Å². The zero-order valence-electron chi connectivity index (χ0n) is 15.8. The Kier molecular flexibility index (Phi) is 6.26. The molecule has 0 bridgehead atoms. The quantitative estimate of drug-likeness (QED) is 0.803. The Labute approximate surface area is 163 Å². The van der Waals surface area contributed by atoms with Gasteiger partial charge < -0.3 is 19.9 Å². The van der Waals surface area contributed by atoms with Gasteiger partial charge >= 0.3 is 5.97 Å². The summed E-state index contributed by atoms with van der Waals surface area (Å²) >= 11 is 0. The smallest absolute Gasteiger partial charge is 0.338 e. The lowest BCUT2D eigenvalue weighted by Crippen LogP contribution is -2.49. The first-order chi connectivity index (χ1) is 13.5. The number of benzene rings is 2. The monoisotopic (exact) mass is 381 g/mol. The highest BCUT2D eigenvalue weighted by molar-refractivity contribution is 5.93. The van der Waals surface area contributed by atoms with Crippen LogP contribution in [-0.4, -0.2) is 55.5 Å². The summed E-state index contributed by atoms with van der Waals surface area (Å²) in [5, 5.41) is 2.62. The Morgan fingerprint density at radius 1 is 0.929 bits per heavy atom. The Morgan fingerprint density at radius 3 is 2.18 bits per heavy atom. The van der Waals surface area contributed by atoms with E-state index in [4.69, 9.17) is 4.74 Å². The molecule has 0 atom stereocenters. The molecule has 3 rings (SSSR count). The van der Waals surface area contributed by atoms with Gasteiger partial charge in [0, 0.05) is 44.5 Å². The van der Waals surface area contributed by atoms with Crippen molar-refractivity contribution in [3.05, 3.63) is 60.2 Å². The van der Waals surface area contributed by atoms with Gasteiger partial charge in [-0.15, -0.1) is 0 Å². The molecular weight excluding hydrogens is 358 g/mol. The van der Waals surface area contributed by atoms with Gasteiger partial charge in [0.2, 0.25) is 5.91 Å². The maximum atomic E-state index is 12.3. The Morgan fingerprint density at radius 2 is 1.57 bits per heavy atom. The van der Waals surface area contributed by atoms with E-state index in [2.05, 4.69) is 22.3 Å². The van der Waals surface area contributed by atoms with Crippen molar-refractivity contribution in [1.29, 1.82) is 0 Å². The molecule has 146 valence electrons. The molecule has 28 heavy (non-hydrogen) atoms. The van der Waals surface area contributed by atoms with Crippen LogP contribution in [0.1, 0.15) is 17.3 Å². The topological polar surface area (TPSA) is 78.9 Å². The zero-order chi connectivity index (χ0) is 19.9. The van der Waals surface area contributed by atoms with Crippen molar-refractivity contribution >= 4 is 29.2 Å². The predicted molar refractivity (Wildman–Crippen MR) is 106 cm³/mol. The third kappa shape index (κ3) is 5.09. The number of ether oxygens (including phenoxy) is 1. The van der Waals surface area contributed by atoms with E-state index in [1.807, 2.05) is 18.2 Å². The number of rotatable bonds is 5. The molecule has 7 heteroatoms. The number of piperazine rings is 1. The number of nitrogens with zero attached hydrogens (tertiary/aromatic N) is 2. The van der Waals surface area contributed by atoms with E-state index in [9.17, 15) is 14.4 Å². The summed E-state index contributed by atoms with van der Waals surface area (Å²) in [4.78, 5) is 39.4. The fraction of sp³-hybridized carbons (Fsp3) is 0.286. The van der Waals surface area contributed by atoms with E-state index in [0.717, 1.165) is 18.8 Å². The van der Waals surface area contributed by atoms with Crippen molar-refractivity contribution in [2.75, 3.05) is 43.0 Å². The molecule has 0 spiro atoms. The van der Waals surface area contributed by atoms with Crippen LogP contribution < -0.4 is 10.2 Å². The van der Waals surface area contributed by atoms with Crippen molar-refractivity contribution < 1.29 is 19.1 Å². The third-order valence-corrected chi connectivity index (χ3v) is 4.52. The van der Waals surface area contributed by atoms with Crippen LogP contribution in [0.15, 0.2) is 54.6 Å². The van der Waals surface area contributed by atoms with Crippen LogP contribution in [-0.2, 0) is 14.3 Å². The summed E-state index contributed by atoms with van der Waals surface area (Å²) in [7, 11) is 0. The molecule has 0 unspecified atom stereocenters. The van der Waals surface area contributed by atoms with E-state index in [1.54, 1.807) is 29.2 Å². The second kappa shape index (κ2) is 9.03. The van der Waals surface area contributed by atoms with Crippen molar-refractivity contribution in [3.8, 4) is 0 Å². The van der Waals surface area contributed by atoms with E-state index < -0.39 is 5.97 Å². The summed E-state index contributed by atoms with van der Waals surface area (Å²) in [5.74, 6) is -0.949. The molecule has 1 saturated heterocycles. The molecular formula is C21H23N3O4. The number of amides is 2. The first-order valence-corrected chi connectivity index (χ1v) is 9.15. The van der Waals surface area contributed by atoms with Gasteiger partial charge in [0.1, 0.15) is 0 Å². The van der Waals surface area contributed by atoms with Crippen molar-refractivity contribution in [3.63, 3.8) is 0 Å². The van der Waals surface area contributed by atoms with Crippen LogP contribution in [0.5, 0.6) is 0 Å². The van der Waals surface area contributed by atoms with E-state index in [0.29, 0.717) is 24.3 Å². The van der Waals surface area contributed by atoms with Crippen LogP contribution in [0.25, 0.3) is 0 Å². The predicted octanol–water partition coefficient (Wildman–Crippen LogP) is 2.15. The van der Waals surface area contributed by atoms with Crippen molar-refractivity contribution in [1.82, 2.24) is 4.90 Å². The molecule has 2 amide bonds. The largest absolute Gasteiger partial charge is 0.452 e. The van der Waals surface area contributed by atoms with Crippen molar-refractivity contribution in [2.45, 2.75) is 6.92 Å². The number of anilines is 2. The summed E-state index contributed by atoms with van der Waals surface area (Å²) in [5.41, 5.74) is 2.07. The SMILES string of the molecule is CC(=O)Nc1ccc(C(=O)OCC(=O)N2CCN(c3ccccc3)CC2)cc1. The molecule has 2 aromatic rings. The normalized spacial score (nSPS) is 13.8. The lowest BCUT2D eigenvalue weighted by atomic mass is 10.2. The van der Waals surface area contributed by atoms with Gasteiger partial charge in [-0.25, -0.2) is 4.79 Å². The Hall–Kier alpha value is -3.35. The molecule has 0 radical (unpaired) electrons. The average Bonchev–Trinajstić information content (AvgIpc) is 2.72. The van der Waals surface area contributed by atoms with E-state index >= 15 is 0 Å². The molecule has 1 aliphatic rings. The van der Waals surface area contributed by atoms with Gasteiger partial charge in [-0.05, 0) is 36.4 Å². The highest BCUT2D eigenvalue weighted by atomic mass is 16.5. The van der Waals surface area contributed by atoms with Crippen molar-refractivity contribution in [2.24, 2.45) is 0 Å². The lowest BCUT2D eigenvalue weighted by molar-refractivity contribution is -0.134. The van der Waals surface area contributed by atoms with Crippen LogP contribution in [0, 0.1) is 0 Å². The van der Waals surface area contributed by atoms with Gasteiger partial charge in [0.15, 0.2) is 6.61 Å². The Balaban J connectivity index is 1.45. The molecule has 1 fully saturated rings. The standard InChI is InChI=1S/C21H23N3O4/c1-16(25)22-18-9-7-17(8-10-18)21(27)28-15-20(26)24-13-11-23(12-14-24)19-5-3-2-4-6-19/h2-10H,11-15H2,1H3,(H,22,25). The summed E-state index contributed by atoms with van der Waals surface area (Å²) in [6.07, 6.45) is 0. The van der Waals surface area contributed by atoms with Crippen LogP contribution in [0.3, 0.4) is 0 Å². The van der Waals surface area contributed by atoms with Gasteiger partial charge in [0.05, 0.1) is 5.56 Å². The van der Waals surface area contributed by atoms with Gasteiger partial charge in [-0.1, -0.05) is 18.2 Å². The molecule has 1 aliphatic heterocycles. The second-order valence-electron chi connectivity index (χ2n) is 6.54. The van der Waals surface area contributed by atoms with Crippen LogP contribution >= 0.6 is 0 Å². The maximum absolute atomic E-state index is 12.3. The summed E-state index contributed by atoms with van der Waals surface area (Å²) in [6.45, 7) is 3.81. The number of esters is 1. The molecule has 0 saturated carbocycles. The molecule has 7 nitrogen and oxygen atoms in total. The zero-order valence-corrected chi connectivity index (χ0v) is 15.8. The van der Waals surface area contributed by atoms with Gasteiger partial charge in [-0.2, -0.15) is 0 Å². The second-order valence-corrected chi connectivity index (χ2v) is 6.54. The Bertz CT molecular complexity index is 828. The first-order valence-electron chi connectivity index (χ1n) is 9.15. The number of para-hydroxylation sites is 1. The molecule has 0 aromatic heterocycles.